The SMILES string of the molecule is C=CC(=O)Oc1cccc(N(C)C)c1C. The number of ether oxygens (including phenoxy) is 1. The molecule has 3 nitrogen and oxygen atoms in total. The molecule has 0 saturated carbocycles. The Labute approximate surface area is 90.0 Å². The predicted octanol–water partition coefficient (Wildman–Crippen LogP) is 2.15. The van der Waals surface area contributed by atoms with Crippen LogP contribution in [-0.2, 0) is 4.79 Å². The van der Waals surface area contributed by atoms with Crippen molar-refractivity contribution in [1.82, 2.24) is 0 Å². The van der Waals surface area contributed by atoms with Crippen molar-refractivity contribution >= 4 is 11.7 Å². The first-order valence-electron chi connectivity index (χ1n) is 4.67. The Morgan fingerprint density at radius 3 is 2.67 bits per heavy atom. The van der Waals surface area contributed by atoms with E-state index in [-0.39, 0.29) is 0 Å². The number of carbonyl (C=O) groups excluding carboxylic acids is 1. The molecule has 0 unspecified atom stereocenters. The molecule has 0 radical (unpaired) electrons. The van der Waals surface area contributed by atoms with Crippen LogP contribution >= 0.6 is 0 Å². The minimum atomic E-state index is -0.436. The van der Waals surface area contributed by atoms with E-state index in [1.807, 2.05) is 38.1 Å². The van der Waals surface area contributed by atoms with Crippen molar-refractivity contribution in [3.63, 3.8) is 0 Å². The first kappa shape index (κ1) is 11.3. The summed E-state index contributed by atoms with van der Waals surface area (Å²) in [7, 11) is 3.89. The molecule has 0 spiro atoms. The average Bonchev–Trinajstić information content (AvgIpc) is 2.20. The van der Waals surface area contributed by atoms with Crippen LogP contribution in [0.5, 0.6) is 5.75 Å². The van der Waals surface area contributed by atoms with Crippen LogP contribution in [0.25, 0.3) is 0 Å². The summed E-state index contributed by atoms with van der Waals surface area (Å²) < 4.78 is 5.10. The zero-order valence-corrected chi connectivity index (χ0v) is 9.28. The van der Waals surface area contributed by atoms with Crippen LogP contribution in [0.15, 0.2) is 30.9 Å². The standard InChI is InChI=1S/C12H15NO2/c1-5-12(14)15-11-8-6-7-10(9(11)2)13(3)4/h5-8H,1H2,2-4H3. The van der Waals surface area contributed by atoms with Crippen molar-refractivity contribution in [2.75, 3.05) is 19.0 Å². The molecule has 15 heavy (non-hydrogen) atoms. The summed E-state index contributed by atoms with van der Waals surface area (Å²) in [4.78, 5) is 13.0. The summed E-state index contributed by atoms with van der Waals surface area (Å²) in [6.45, 7) is 5.28. The number of nitrogens with zero attached hydrogens (tertiary/aromatic N) is 1. The van der Waals surface area contributed by atoms with E-state index in [1.165, 1.54) is 0 Å². The first-order valence-corrected chi connectivity index (χ1v) is 4.67. The lowest BCUT2D eigenvalue weighted by atomic mass is 10.1. The molecule has 0 N–H and O–H groups in total. The summed E-state index contributed by atoms with van der Waals surface area (Å²) in [6, 6.07) is 5.60. The van der Waals surface area contributed by atoms with Crippen molar-refractivity contribution in [3.05, 3.63) is 36.4 Å². The predicted molar refractivity (Wildman–Crippen MR) is 61.3 cm³/mol. The lowest BCUT2D eigenvalue weighted by Gasteiger charge is -2.17. The molecule has 0 atom stereocenters. The topological polar surface area (TPSA) is 29.5 Å². The Morgan fingerprint density at radius 1 is 1.47 bits per heavy atom. The van der Waals surface area contributed by atoms with Gasteiger partial charge in [-0.05, 0) is 19.1 Å². The van der Waals surface area contributed by atoms with E-state index >= 15 is 0 Å². The van der Waals surface area contributed by atoms with Crippen LogP contribution in [0.4, 0.5) is 5.69 Å². The van der Waals surface area contributed by atoms with Crippen LogP contribution in [0, 0.1) is 6.92 Å². The van der Waals surface area contributed by atoms with Gasteiger partial charge in [-0.25, -0.2) is 4.79 Å². The maximum atomic E-state index is 11.1. The molecule has 0 saturated heterocycles. The largest absolute Gasteiger partial charge is 0.423 e. The number of benzene rings is 1. The van der Waals surface area contributed by atoms with Crippen LogP contribution in [-0.4, -0.2) is 20.1 Å². The number of esters is 1. The van der Waals surface area contributed by atoms with Crippen LogP contribution in [0.1, 0.15) is 5.56 Å². The molecule has 0 aliphatic carbocycles. The third-order valence-electron chi connectivity index (χ3n) is 2.11. The average molecular weight is 205 g/mol. The lowest BCUT2D eigenvalue weighted by Crippen LogP contribution is -2.12. The Balaban J connectivity index is 3.04. The fourth-order valence-electron chi connectivity index (χ4n) is 1.35. The molecule has 0 aliphatic heterocycles. The van der Waals surface area contributed by atoms with E-state index in [9.17, 15) is 4.79 Å². The molecule has 0 bridgehead atoms. The third-order valence-corrected chi connectivity index (χ3v) is 2.11. The van der Waals surface area contributed by atoms with Gasteiger partial charge in [-0.2, -0.15) is 0 Å². The number of carbonyl (C=O) groups is 1. The number of hydrogen-bond acceptors (Lipinski definition) is 3. The second-order valence-electron chi connectivity index (χ2n) is 3.42. The highest BCUT2D eigenvalue weighted by atomic mass is 16.5. The summed E-state index contributed by atoms with van der Waals surface area (Å²) in [5, 5.41) is 0. The van der Waals surface area contributed by atoms with Gasteiger partial charge in [0, 0.05) is 31.4 Å². The molecule has 0 amide bonds. The van der Waals surface area contributed by atoms with Gasteiger partial charge in [0.05, 0.1) is 0 Å². The number of rotatable bonds is 3. The van der Waals surface area contributed by atoms with Crippen molar-refractivity contribution in [3.8, 4) is 5.75 Å². The van der Waals surface area contributed by atoms with Gasteiger partial charge in [0.2, 0.25) is 0 Å². The van der Waals surface area contributed by atoms with Crippen molar-refractivity contribution in [2.45, 2.75) is 6.92 Å². The van der Waals surface area contributed by atoms with Gasteiger partial charge in [0.1, 0.15) is 5.75 Å². The van der Waals surface area contributed by atoms with Gasteiger partial charge in [0.15, 0.2) is 0 Å². The highest BCUT2D eigenvalue weighted by molar-refractivity contribution is 5.84. The van der Waals surface area contributed by atoms with Gasteiger partial charge in [-0.15, -0.1) is 0 Å². The Morgan fingerprint density at radius 2 is 2.13 bits per heavy atom. The quantitative estimate of drug-likeness (QED) is 0.430. The molecule has 0 aliphatic rings. The molecular weight excluding hydrogens is 190 g/mol. The number of anilines is 1. The molecule has 0 aromatic heterocycles. The highest BCUT2D eigenvalue weighted by Gasteiger charge is 2.08. The van der Waals surface area contributed by atoms with E-state index in [1.54, 1.807) is 6.07 Å². The molecule has 0 fully saturated rings. The van der Waals surface area contributed by atoms with Gasteiger partial charge in [0.25, 0.3) is 0 Å². The Hall–Kier alpha value is -1.77. The van der Waals surface area contributed by atoms with Gasteiger partial charge < -0.3 is 9.64 Å². The van der Waals surface area contributed by atoms with E-state index in [0.717, 1.165) is 17.3 Å². The summed E-state index contributed by atoms with van der Waals surface area (Å²) >= 11 is 0. The van der Waals surface area contributed by atoms with E-state index in [0.29, 0.717) is 5.75 Å². The van der Waals surface area contributed by atoms with Crippen LogP contribution < -0.4 is 9.64 Å². The second-order valence-corrected chi connectivity index (χ2v) is 3.42. The maximum Gasteiger partial charge on any atom is 0.335 e. The molecule has 1 aromatic carbocycles. The molecule has 80 valence electrons. The monoisotopic (exact) mass is 205 g/mol. The maximum absolute atomic E-state index is 11.1. The van der Waals surface area contributed by atoms with E-state index < -0.39 is 5.97 Å². The fourth-order valence-corrected chi connectivity index (χ4v) is 1.35. The molecule has 1 aromatic rings. The fraction of sp³-hybridized carbons (Fsp3) is 0.250. The summed E-state index contributed by atoms with van der Waals surface area (Å²) in [5.74, 6) is 0.139. The van der Waals surface area contributed by atoms with Crippen LogP contribution in [0.3, 0.4) is 0 Å². The molecular formula is C12H15NO2. The van der Waals surface area contributed by atoms with E-state index in [4.69, 9.17) is 4.74 Å². The molecule has 1 rings (SSSR count). The van der Waals surface area contributed by atoms with Gasteiger partial charge >= 0.3 is 5.97 Å². The van der Waals surface area contributed by atoms with Crippen molar-refractivity contribution < 1.29 is 9.53 Å². The molecule has 3 heteroatoms. The lowest BCUT2D eigenvalue weighted by molar-refractivity contribution is -0.129. The smallest absolute Gasteiger partial charge is 0.335 e. The Kier molecular flexibility index (Phi) is 3.50. The third kappa shape index (κ3) is 2.59. The summed E-state index contributed by atoms with van der Waals surface area (Å²) in [5.41, 5.74) is 1.97. The van der Waals surface area contributed by atoms with Crippen molar-refractivity contribution in [1.29, 1.82) is 0 Å². The Bertz CT molecular complexity index is 383. The zero-order chi connectivity index (χ0) is 11.4. The van der Waals surface area contributed by atoms with Gasteiger partial charge in [-0.1, -0.05) is 12.6 Å². The minimum absolute atomic E-state index is 0.436. The highest BCUT2D eigenvalue weighted by Crippen LogP contribution is 2.27. The minimum Gasteiger partial charge on any atom is -0.423 e. The normalized spacial score (nSPS) is 9.53. The van der Waals surface area contributed by atoms with Crippen LogP contribution in [0.2, 0.25) is 0 Å². The zero-order valence-electron chi connectivity index (χ0n) is 9.28. The van der Waals surface area contributed by atoms with Crippen molar-refractivity contribution in [2.24, 2.45) is 0 Å². The van der Waals surface area contributed by atoms with Gasteiger partial charge in [-0.3, -0.25) is 0 Å². The van der Waals surface area contributed by atoms with E-state index in [2.05, 4.69) is 6.58 Å². The summed E-state index contributed by atoms with van der Waals surface area (Å²) in [6.07, 6.45) is 1.15. The number of hydrogen-bond donors (Lipinski definition) is 0. The first-order chi connectivity index (χ1) is 7.06. The molecule has 0 heterocycles. The second kappa shape index (κ2) is 4.64.